The summed E-state index contributed by atoms with van der Waals surface area (Å²) < 4.78 is 0. The van der Waals surface area contributed by atoms with Crippen LogP contribution in [0.25, 0.3) is 0 Å². The summed E-state index contributed by atoms with van der Waals surface area (Å²) in [6.07, 6.45) is 3.03. The van der Waals surface area contributed by atoms with Gasteiger partial charge >= 0.3 is 0 Å². The van der Waals surface area contributed by atoms with Gasteiger partial charge in [0.2, 0.25) is 0 Å². The molecule has 0 aliphatic rings. The molecule has 0 aromatic heterocycles. The molecular weight excluding hydrogens is 241 g/mol. The van der Waals surface area contributed by atoms with Crippen LogP contribution in [0.4, 0.5) is 0 Å². The minimum absolute atomic E-state index is 0.175. The molecular formula is C13H19Cl2N. The van der Waals surface area contributed by atoms with Gasteiger partial charge in [0.05, 0.1) is 0 Å². The molecule has 16 heavy (non-hydrogen) atoms. The highest BCUT2D eigenvalue weighted by atomic mass is 35.5. The van der Waals surface area contributed by atoms with Gasteiger partial charge in [-0.3, -0.25) is 0 Å². The van der Waals surface area contributed by atoms with Crippen molar-refractivity contribution in [3.8, 4) is 0 Å². The quantitative estimate of drug-likeness (QED) is 0.839. The van der Waals surface area contributed by atoms with Crippen molar-refractivity contribution >= 4 is 23.2 Å². The Labute approximate surface area is 108 Å². The summed E-state index contributed by atoms with van der Waals surface area (Å²) in [7, 11) is 0. The van der Waals surface area contributed by atoms with E-state index in [-0.39, 0.29) is 6.04 Å². The van der Waals surface area contributed by atoms with E-state index in [1.54, 1.807) is 6.07 Å². The maximum atomic E-state index is 6.10. The summed E-state index contributed by atoms with van der Waals surface area (Å²) in [5.74, 6) is 0.668. The minimum atomic E-state index is 0.175. The van der Waals surface area contributed by atoms with E-state index >= 15 is 0 Å². The van der Waals surface area contributed by atoms with Gasteiger partial charge in [-0.15, -0.1) is 0 Å². The van der Waals surface area contributed by atoms with Crippen LogP contribution >= 0.6 is 23.2 Å². The molecule has 0 fully saturated rings. The second-order valence-electron chi connectivity index (χ2n) is 4.45. The Morgan fingerprint density at radius 3 is 2.56 bits per heavy atom. The first-order chi connectivity index (χ1) is 7.52. The highest BCUT2D eigenvalue weighted by Crippen LogP contribution is 2.23. The fraction of sp³-hybridized carbons (Fsp3) is 0.538. The van der Waals surface area contributed by atoms with Crippen molar-refractivity contribution in [1.82, 2.24) is 0 Å². The average Bonchev–Trinajstić information content (AvgIpc) is 2.22. The summed E-state index contributed by atoms with van der Waals surface area (Å²) in [6, 6.07) is 5.77. The summed E-state index contributed by atoms with van der Waals surface area (Å²) in [5.41, 5.74) is 7.18. The molecule has 0 radical (unpaired) electrons. The molecule has 2 N–H and O–H groups in total. The lowest BCUT2D eigenvalue weighted by Gasteiger charge is -2.16. The van der Waals surface area contributed by atoms with E-state index in [9.17, 15) is 0 Å². The van der Waals surface area contributed by atoms with E-state index in [0.717, 1.165) is 18.4 Å². The van der Waals surface area contributed by atoms with Gasteiger partial charge in [-0.05, 0) is 36.5 Å². The zero-order valence-corrected chi connectivity index (χ0v) is 11.4. The van der Waals surface area contributed by atoms with E-state index < -0.39 is 0 Å². The second-order valence-corrected chi connectivity index (χ2v) is 5.29. The zero-order valence-electron chi connectivity index (χ0n) is 9.84. The molecule has 0 saturated heterocycles. The maximum Gasteiger partial charge on any atom is 0.0453 e. The predicted octanol–water partition coefficient (Wildman–Crippen LogP) is 4.30. The third-order valence-electron chi connectivity index (χ3n) is 2.90. The van der Waals surface area contributed by atoms with Gasteiger partial charge in [0, 0.05) is 16.1 Å². The lowest BCUT2D eigenvalue weighted by atomic mass is 9.95. The number of rotatable bonds is 5. The summed E-state index contributed by atoms with van der Waals surface area (Å²) in [4.78, 5) is 0. The van der Waals surface area contributed by atoms with E-state index in [1.807, 2.05) is 12.1 Å². The molecule has 1 rings (SSSR count). The Morgan fingerprint density at radius 2 is 2.00 bits per heavy atom. The van der Waals surface area contributed by atoms with Gasteiger partial charge in [0.15, 0.2) is 0 Å². The summed E-state index contributed by atoms with van der Waals surface area (Å²) in [5, 5.41) is 1.39. The molecule has 0 aliphatic heterocycles. The van der Waals surface area contributed by atoms with Crippen LogP contribution in [0.1, 0.15) is 32.3 Å². The Kier molecular flexibility index (Phi) is 5.60. The number of benzene rings is 1. The van der Waals surface area contributed by atoms with Crippen LogP contribution in [0.2, 0.25) is 10.0 Å². The van der Waals surface area contributed by atoms with E-state index in [0.29, 0.717) is 16.0 Å². The largest absolute Gasteiger partial charge is 0.327 e. The van der Waals surface area contributed by atoms with Crippen molar-refractivity contribution in [2.24, 2.45) is 11.7 Å². The van der Waals surface area contributed by atoms with Crippen molar-refractivity contribution in [1.29, 1.82) is 0 Å². The van der Waals surface area contributed by atoms with Gasteiger partial charge in [0.25, 0.3) is 0 Å². The number of hydrogen-bond acceptors (Lipinski definition) is 1. The molecule has 2 atom stereocenters. The van der Waals surface area contributed by atoms with Crippen molar-refractivity contribution in [2.45, 2.75) is 39.2 Å². The molecule has 0 aliphatic carbocycles. The SMILES string of the molecule is CCC(C)CC(N)Cc1ccc(Cl)cc1Cl. The van der Waals surface area contributed by atoms with E-state index in [1.165, 1.54) is 6.42 Å². The number of nitrogens with two attached hydrogens (primary N) is 1. The molecule has 0 bridgehead atoms. The summed E-state index contributed by atoms with van der Waals surface area (Å²) in [6.45, 7) is 4.41. The first-order valence-corrected chi connectivity index (χ1v) is 6.48. The maximum absolute atomic E-state index is 6.10. The van der Waals surface area contributed by atoms with Crippen molar-refractivity contribution in [3.05, 3.63) is 33.8 Å². The van der Waals surface area contributed by atoms with Gasteiger partial charge < -0.3 is 5.73 Å². The Balaban J connectivity index is 2.59. The topological polar surface area (TPSA) is 26.0 Å². The van der Waals surface area contributed by atoms with Crippen LogP contribution in [-0.2, 0) is 6.42 Å². The minimum Gasteiger partial charge on any atom is -0.327 e. The molecule has 2 unspecified atom stereocenters. The molecule has 0 spiro atoms. The monoisotopic (exact) mass is 259 g/mol. The predicted molar refractivity (Wildman–Crippen MR) is 72.2 cm³/mol. The summed E-state index contributed by atoms with van der Waals surface area (Å²) >= 11 is 11.9. The Morgan fingerprint density at radius 1 is 1.31 bits per heavy atom. The number of halogens is 2. The lowest BCUT2D eigenvalue weighted by Crippen LogP contribution is -2.25. The third kappa shape index (κ3) is 4.32. The van der Waals surface area contributed by atoms with Crippen molar-refractivity contribution in [3.63, 3.8) is 0 Å². The first kappa shape index (κ1) is 13.8. The molecule has 1 aromatic carbocycles. The molecule has 90 valence electrons. The van der Waals surface area contributed by atoms with Crippen LogP contribution in [0.3, 0.4) is 0 Å². The number of hydrogen-bond donors (Lipinski definition) is 1. The van der Waals surface area contributed by atoms with Gasteiger partial charge in [-0.2, -0.15) is 0 Å². The van der Waals surface area contributed by atoms with Crippen LogP contribution in [0.5, 0.6) is 0 Å². The fourth-order valence-electron chi connectivity index (χ4n) is 1.74. The smallest absolute Gasteiger partial charge is 0.0453 e. The van der Waals surface area contributed by atoms with Gasteiger partial charge in [0.1, 0.15) is 0 Å². The third-order valence-corrected chi connectivity index (χ3v) is 3.49. The van der Waals surface area contributed by atoms with Gasteiger partial charge in [-0.25, -0.2) is 0 Å². The highest BCUT2D eigenvalue weighted by molar-refractivity contribution is 6.35. The first-order valence-electron chi connectivity index (χ1n) is 5.72. The van der Waals surface area contributed by atoms with Crippen LogP contribution < -0.4 is 5.73 Å². The molecule has 0 amide bonds. The van der Waals surface area contributed by atoms with Crippen molar-refractivity contribution in [2.75, 3.05) is 0 Å². The zero-order chi connectivity index (χ0) is 12.1. The highest BCUT2D eigenvalue weighted by Gasteiger charge is 2.10. The van der Waals surface area contributed by atoms with Gasteiger partial charge in [-0.1, -0.05) is 49.5 Å². The normalized spacial score (nSPS) is 14.8. The second kappa shape index (κ2) is 6.48. The average molecular weight is 260 g/mol. The van der Waals surface area contributed by atoms with Crippen LogP contribution in [0.15, 0.2) is 18.2 Å². The van der Waals surface area contributed by atoms with Crippen LogP contribution in [-0.4, -0.2) is 6.04 Å². The fourth-order valence-corrected chi connectivity index (χ4v) is 2.22. The molecule has 0 heterocycles. The Bertz CT molecular complexity index is 339. The lowest BCUT2D eigenvalue weighted by molar-refractivity contribution is 0.450. The van der Waals surface area contributed by atoms with E-state index in [4.69, 9.17) is 28.9 Å². The Hall–Kier alpha value is -0.240. The standard InChI is InChI=1S/C13H19Cl2N/c1-3-9(2)6-12(16)7-10-4-5-11(14)8-13(10)15/h4-5,8-9,12H,3,6-7,16H2,1-2H3. The molecule has 1 nitrogen and oxygen atoms in total. The van der Waals surface area contributed by atoms with E-state index in [2.05, 4.69) is 13.8 Å². The molecule has 0 saturated carbocycles. The van der Waals surface area contributed by atoms with Crippen LogP contribution in [0, 0.1) is 5.92 Å². The molecule has 3 heteroatoms. The molecule has 1 aromatic rings. The van der Waals surface area contributed by atoms with Crippen molar-refractivity contribution < 1.29 is 0 Å².